The van der Waals surface area contributed by atoms with Crippen LogP contribution in [-0.2, 0) is 11.2 Å². The van der Waals surface area contributed by atoms with Crippen LogP contribution in [0.15, 0.2) is 18.2 Å². The summed E-state index contributed by atoms with van der Waals surface area (Å²) in [7, 11) is 0. The van der Waals surface area contributed by atoms with Crippen molar-refractivity contribution in [1.82, 2.24) is 0 Å². The van der Waals surface area contributed by atoms with Crippen LogP contribution in [0.3, 0.4) is 0 Å². The van der Waals surface area contributed by atoms with Crippen molar-refractivity contribution in [3.63, 3.8) is 0 Å². The summed E-state index contributed by atoms with van der Waals surface area (Å²) in [5.74, 6) is -0.877. The van der Waals surface area contributed by atoms with Crippen molar-refractivity contribution in [2.75, 3.05) is 5.06 Å². The Hall–Kier alpha value is -1.42. The van der Waals surface area contributed by atoms with Gasteiger partial charge in [-0.3, -0.25) is 10.0 Å². The average Bonchev–Trinajstić information content (AvgIpc) is 2.31. The fourth-order valence-electron chi connectivity index (χ4n) is 1.26. The molecule has 0 atom stereocenters. The van der Waals surface area contributed by atoms with Crippen molar-refractivity contribution in [3.05, 3.63) is 29.6 Å². The summed E-state index contributed by atoms with van der Waals surface area (Å²) in [6.07, 6.45) is 0.145. The summed E-state index contributed by atoms with van der Waals surface area (Å²) in [5.41, 5.74) is 0.906. The number of halogens is 1. The Morgan fingerprint density at radius 2 is 2.25 bits per heavy atom. The van der Waals surface area contributed by atoms with Gasteiger partial charge in [0.15, 0.2) is 0 Å². The fraction of sp³-hybridized carbons (Fsp3) is 0.125. The summed E-state index contributed by atoms with van der Waals surface area (Å²) < 4.78 is 12.6. The zero-order valence-corrected chi connectivity index (χ0v) is 6.12. The molecule has 3 nitrogen and oxygen atoms in total. The van der Waals surface area contributed by atoms with E-state index < -0.39 is 11.7 Å². The van der Waals surface area contributed by atoms with Gasteiger partial charge in [-0.1, -0.05) is 6.07 Å². The summed E-state index contributed by atoms with van der Waals surface area (Å²) in [5, 5.41) is 9.58. The van der Waals surface area contributed by atoms with E-state index in [1.165, 1.54) is 12.1 Å². The third-order valence-corrected chi connectivity index (χ3v) is 1.85. The second-order valence-corrected chi connectivity index (χ2v) is 2.66. The third-order valence-electron chi connectivity index (χ3n) is 1.85. The smallest absolute Gasteiger partial charge is 0.255 e. The molecule has 0 saturated carbocycles. The van der Waals surface area contributed by atoms with Crippen LogP contribution < -0.4 is 5.06 Å². The molecule has 1 amide bonds. The molecule has 0 unspecified atom stereocenters. The minimum absolute atomic E-state index is 0.145. The predicted octanol–water partition coefficient (Wildman–Crippen LogP) is 1.10. The molecule has 1 aromatic rings. The lowest BCUT2D eigenvalue weighted by Gasteiger charge is -2.06. The van der Waals surface area contributed by atoms with Gasteiger partial charge in [0.25, 0.3) is 5.91 Å². The maximum absolute atomic E-state index is 12.6. The van der Waals surface area contributed by atoms with E-state index in [0.29, 0.717) is 10.6 Å². The molecule has 1 aliphatic heterocycles. The van der Waals surface area contributed by atoms with E-state index in [9.17, 15) is 9.18 Å². The molecule has 0 saturated heterocycles. The van der Waals surface area contributed by atoms with Crippen LogP contribution in [0.4, 0.5) is 10.1 Å². The molecular weight excluding hydrogens is 161 g/mol. The van der Waals surface area contributed by atoms with E-state index in [-0.39, 0.29) is 12.1 Å². The lowest BCUT2D eigenvalue weighted by molar-refractivity contribution is -0.122. The minimum atomic E-state index is -0.456. The molecule has 12 heavy (non-hydrogen) atoms. The maximum Gasteiger partial charge on any atom is 0.255 e. The highest BCUT2D eigenvalue weighted by molar-refractivity contribution is 5.99. The van der Waals surface area contributed by atoms with Crippen molar-refractivity contribution >= 4 is 11.6 Å². The highest BCUT2D eigenvalue weighted by Crippen LogP contribution is 2.27. The number of carbonyl (C=O) groups is 1. The molecule has 0 bridgehead atoms. The van der Waals surface area contributed by atoms with Crippen LogP contribution in [-0.4, -0.2) is 11.1 Å². The normalized spacial score (nSPS) is 15.2. The maximum atomic E-state index is 12.6. The van der Waals surface area contributed by atoms with Crippen LogP contribution in [0, 0.1) is 5.82 Å². The minimum Gasteiger partial charge on any atom is -0.281 e. The van der Waals surface area contributed by atoms with Gasteiger partial charge >= 0.3 is 0 Å². The molecule has 0 spiro atoms. The molecular formula is C8H6FNO2. The number of benzene rings is 1. The van der Waals surface area contributed by atoms with Crippen LogP contribution in [0.5, 0.6) is 0 Å². The third kappa shape index (κ3) is 0.887. The van der Waals surface area contributed by atoms with Crippen LogP contribution >= 0.6 is 0 Å². The van der Waals surface area contributed by atoms with Gasteiger partial charge in [0, 0.05) is 6.07 Å². The Morgan fingerprint density at radius 3 is 3.00 bits per heavy atom. The molecule has 1 heterocycles. The molecule has 0 fully saturated rings. The van der Waals surface area contributed by atoms with E-state index in [1.807, 2.05) is 0 Å². The van der Waals surface area contributed by atoms with Gasteiger partial charge in [-0.15, -0.1) is 0 Å². The Bertz CT molecular complexity index is 351. The van der Waals surface area contributed by atoms with Crippen molar-refractivity contribution in [3.8, 4) is 0 Å². The van der Waals surface area contributed by atoms with Crippen LogP contribution in [0.25, 0.3) is 0 Å². The Morgan fingerprint density at radius 1 is 1.50 bits per heavy atom. The number of hydroxylamine groups is 1. The second kappa shape index (κ2) is 2.28. The highest BCUT2D eigenvalue weighted by Gasteiger charge is 2.25. The number of hydrogen-bond donors (Lipinski definition) is 1. The number of fused-ring (bicyclic) bond motifs is 1. The standard InChI is InChI=1S/C8H6FNO2/c9-6-2-1-5-3-8(11)10(12)7(5)4-6/h1-2,4,12H,3H2. The van der Waals surface area contributed by atoms with E-state index in [0.717, 1.165) is 6.07 Å². The summed E-state index contributed by atoms with van der Waals surface area (Å²) >= 11 is 0. The van der Waals surface area contributed by atoms with Crippen molar-refractivity contribution < 1.29 is 14.4 Å². The topological polar surface area (TPSA) is 40.5 Å². The van der Waals surface area contributed by atoms with Crippen molar-refractivity contribution in [2.45, 2.75) is 6.42 Å². The largest absolute Gasteiger partial charge is 0.281 e. The molecule has 4 heteroatoms. The fourth-order valence-corrected chi connectivity index (χ4v) is 1.26. The first-order chi connectivity index (χ1) is 5.68. The second-order valence-electron chi connectivity index (χ2n) is 2.66. The Balaban J connectivity index is 2.55. The quantitative estimate of drug-likeness (QED) is 0.588. The van der Waals surface area contributed by atoms with Crippen LogP contribution in [0.2, 0.25) is 0 Å². The Labute approximate surface area is 68.0 Å². The average molecular weight is 167 g/mol. The van der Waals surface area contributed by atoms with Gasteiger partial charge in [0.05, 0.1) is 12.1 Å². The Kier molecular flexibility index (Phi) is 1.38. The summed E-state index contributed by atoms with van der Waals surface area (Å²) in [6, 6.07) is 3.91. The molecule has 0 radical (unpaired) electrons. The molecule has 1 aromatic carbocycles. The molecule has 0 aliphatic carbocycles. The van der Waals surface area contributed by atoms with Crippen LogP contribution in [0.1, 0.15) is 5.56 Å². The number of carbonyl (C=O) groups excluding carboxylic acids is 1. The van der Waals surface area contributed by atoms with Gasteiger partial charge in [-0.2, -0.15) is 5.06 Å². The van der Waals surface area contributed by atoms with Gasteiger partial charge in [-0.05, 0) is 11.6 Å². The van der Waals surface area contributed by atoms with E-state index in [1.54, 1.807) is 0 Å². The lowest BCUT2D eigenvalue weighted by Crippen LogP contribution is -2.21. The van der Waals surface area contributed by atoms with Crippen molar-refractivity contribution in [1.29, 1.82) is 0 Å². The number of rotatable bonds is 0. The SMILES string of the molecule is O=C1Cc2ccc(F)cc2N1O. The molecule has 0 aromatic heterocycles. The van der Waals surface area contributed by atoms with Gasteiger partial charge < -0.3 is 0 Å². The van der Waals surface area contributed by atoms with Crippen molar-refractivity contribution in [2.24, 2.45) is 0 Å². The molecule has 1 aliphatic rings. The van der Waals surface area contributed by atoms with E-state index >= 15 is 0 Å². The van der Waals surface area contributed by atoms with Gasteiger partial charge in [-0.25, -0.2) is 4.39 Å². The number of nitrogens with zero attached hydrogens (tertiary/aromatic N) is 1. The first-order valence-electron chi connectivity index (χ1n) is 3.49. The number of anilines is 1. The molecule has 2 rings (SSSR count). The first-order valence-corrected chi connectivity index (χ1v) is 3.49. The lowest BCUT2D eigenvalue weighted by atomic mass is 10.2. The van der Waals surface area contributed by atoms with E-state index in [4.69, 9.17) is 5.21 Å². The summed E-state index contributed by atoms with van der Waals surface area (Å²) in [4.78, 5) is 10.9. The van der Waals surface area contributed by atoms with E-state index in [2.05, 4.69) is 0 Å². The zero-order chi connectivity index (χ0) is 8.72. The van der Waals surface area contributed by atoms with Gasteiger partial charge in [0.1, 0.15) is 5.82 Å². The molecule has 62 valence electrons. The molecule has 1 N–H and O–H groups in total. The predicted molar refractivity (Wildman–Crippen MR) is 39.4 cm³/mol. The highest BCUT2D eigenvalue weighted by atomic mass is 19.1. The number of amides is 1. The summed E-state index contributed by atoms with van der Waals surface area (Å²) in [6.45, 7) is 0. The zero-order valence-electron chi connectivity index (χ0n) is 6.12. The van der Waals surface area contributed by atoms with Gasteiger partial charge in [0.2, 0.25) is 0 Å². The first kappa shape index (κ1) is 7.24. The number of hydrogen-bond acceptors (Lipinski definition) is 2. The monoisotopic (exact) mass is 167 g/mol.